The molecule has 1 aliphatic rings. The number of halogens is 2. The number of carboxylic acids is 1. The lowest BCUT2D eigenvalue weighted by Gasteiger charge is -2.38. The molecule has 0 heterocycles. The van der Waals surface area contributed by atoms with Gasteiger partial charge in [-0.05, 0) is 28.8 Å². The van der Waals surface area contributed by atoms with Crippen molar-refractivity contribution in [2.75, 3.05) is 7.11 Å². The zero-order chi connectivity index (χ0) is 13.5. The summed E-state index contributed by atoms with van der Waals surface area (Å²) in [6, 6.07) is 1.28. The number of phenolic OH excluding ortho intramolecular Hbond substituents is 1. The van der Waals surface area contributed by atoms with Crippen LogP contribution in [-0.4, -0.2) is 23.3 Å². The number of benzene rings is 1. The molecule has 0 aliphatic heterocycles. The molecule has 0 unspecified atom stereocenters. The summed E-state index contributed by atoms with van der Waals surface area (Å²) >= 11 is 3.01. The van der Waals surface area contributed by atoms with Gasteiger partial charge in [-0.1, -0.05) is 6.42 Å². The van der Waals surface area contributed by atoms with Gasteiger partial charge in [0.2, 0.25) is 0 Å². The number of aliphatic carboxylic acids is 1. The molecule has 18 heavy (non-hydrogen) atoms. The van der Waals surface area contributed by atoms with Gasteiger partial charge in [0.25, 0.3) is 0 Å². The number of hydrogen-bond acceptors (Lipinski definition) is 3. The number of phenols is 1. The molecule has 6 heteroatoms. The van der Waals surface area contributed by atoms with Gasteiger partial charge in [0.05, 0.1) is 22.6 Å². The Labute approximate surface area is 112 Å². The van der Waals surface area contributed by atoms with Crippen LogP contribution in [-0.2, 0) is 10.2 Å². The summed E-state index contributed by atoms with van der Waals surface area (Å²) in [7, 11) is 1.33. The Bertz CT molecular complexity index is 511. The number of carboxylic acid groups (broad SMARTS) is 1. The fourth-order valence-corrected chi connectivity index (χ4v) is 2.69. The second-order valence-electron chi connectivity index (χ2n) is 4.34. The SMILES string of the molecule is COc1cc(Br)c(F)c(C2(C(=O)O)CCC2)c1O. The van der Waals surface area contributed by atoms with Crippen LogP contribution in [0.25, 0.3) is 0 Å². The van der Waals surface area contributed by atoms with E-state index in [1.54, 1.807) is 0 Å². The standard InChI is InChI=1S/C12H12BrFO4/c1-18-7-5-6(13)9(14)8(10(7)15)12(11(16)17)3-2-4-12/h5,15H,2-4H2,1H3,(H,16,17). The number of methoxy groups -OCH3 is 1. The highest BCUT2D eigenvalue weighted by molar-refractivity contribution is 9.10. The van der Waals surface area contributed by atoms with Gasteiger partial charge in [0, 0.05) is 6.07 Å². The van der Waals surface area contributed by atoms with Crippen molar-refractivity contribution in [3.8, 4) is 11.5 Å². The first-order valence-corrected chi connectivity index (χ1v) is 6.22. The molecule has 0 bridgehead atoms. The van der Waals surface area contributed by atoms with Gasteiger partial charge in [-0.2, -0.15) is 0 Å². The predicted molar refractivity (Wildman–Crippen MR) is 65.5 cm³/mol. The third-order valence-electron chi connectivity index (χ3n) is 3.47. The molecule has 98 valence electrons. The van der Waals surface area contributed by atoms with E-state index in [4.69, 9.17) is 4.74 Å². The van der Waals surface area contributed by atoms with Gasteiger partial charge in [0.15, 0.2) is 11.5 Å². The van der Waals surface area contributed by atoms with Crippen LogP contribution in [0.1, 0.15) is 24.8 Å². The molecule has 1 aromatic rings. The molecule has 0 aromatic heterocycles. The molecule has 2 rings (SSSR count). The van der Waals surface area contributed by atoms with Crippen LogP contribution in [0.15, 0.2) is 10.5 Å². The normalized spacial score (nSPS) is 17.1. The second-order valence-corrected chi connectivity index (χ2v) is 5.19. The maximum Gasteiger partial charge on any atom is 0.314 e. The number of ether oxygens (including phenoxy) is 1. The van der Waals surface area contributed by atoms with Crippen molar-refractivity contribution in [3.05, 3.63) is 21.9 Å². The van der Waals surface area contributed by atoms with Crippen LogP contribution in [0.3, 0.4) is 0 Å². The highest BCUT2D eigenvalue weighted by Gasteiger charge is 2.50. The molecule has 4 nitrogen and oxygen atoms in total. The Morgan fingerprint density at radius 1 is 1.56 bits per heavy atom. The quantitative estimate of drug-likeness (QED) is 0.899. The first kappa shape index (κ1) is 13.1. The Hall–Kier alpha value is -1.30. The minimum atomic E-state index is -1.34. The summed E-state index contributed by atoms with van der Waals surface area (Å²) in [4.78, 5) is 11.4. The molecular formula is C12H12BrFO4. The van der Waals surface area contributed by atoms with Crippen molar-refractivity contribution in [1.29, 1.82) is 0 Å². The van der Waals surface area contributed by atoms with Crippen molar-refractivity contribution >= 4 is 21.9 Å². The second kappa shape index (κ2) is 4.42. The van der Waals surface area contributed by atoms with E-state index in [2.05, 4.69) is 15.9 Å². The topological polar surface area (TPSA) is 66.8 Å². The molecule has 0 amide bonds. The Balaban J connectivity index is 2.70. The summed E-state index contributed by atoms with van der Waals surface area (Å²) in [5.74, 6) is -2.23. The van der Waals surface area contributed by atoms with Gasteiger partial charge < -0.3 is 14.9 Å². The fraction of sp³-hybridized carbons (Fsp3) is 0.417. The lowest BCUT2D eigenvalue weighted by molar-refractivity contribution is -0.147. The van der Waals surface area contributed by atoms with Crippen LogP contribution >= 0.6 is 15.9 Å². The highest BCUT2D eigenvalue weighted by Crippen LogP contribution is 2.51. The minimum absolute atomic E-state index is 0.0609. The van der Waals surface area contributed by atoms with Gasteiger partial charge in [-0.3, -0.25) is 4.79 Å². The number of rotatable bonds is 3. The lowest BCUT2D eigenvalue weighted by atomic mass is 9.64. The molecule has 0 spiro atoms. The first-order valence-electron chi connectivity index (χ1n) is 5.43. The Morgan fingerprint density at radius 2 is 2.17 bits per heavy atom. The maximum atomic E-state index is 14.1. The van der Waals surface area contributed by atoms with Crippen molar-refractivity contribution < 1.29 is 24.1 Å². The highest BCUT2D eigenvalue weighted by atomic mass is 79.9. The average Bonchev–Trinajstić information content (AvgIpc) is 2.26. The molecule has 2 N–H and O–H groups in total. The van der Waals surface area contributed by atoms with Gasteiger partial charge in [0.1, 0.15) is 5.82 Å². The van der Waals surface area contributed by atoms with Crippen molar-refractivity contribution in [3.63, 3.8) is 0 Å². The van der Waals surface area contributed by atoms with E-state index in [1.165, 1.54) is 13.2 Å². The predicted octanol–water partition coefficient (Wildman–Crippen LogP) is 2.81. The van der Waals surface area contributed by atoms with Crippen molar-refractivity contribution in [1.82, 2.24) is 0 Å². The summed E-state index contributed by atoms with van der Waals surface area (Å²) in [5, 5.41) is 19.3. The molecule has 1 aromatic carbocycles. The third-order valence-corrected chi connectivity index (χ3v) is 4.05. The van der Waals surface area contributed by atoms with Gasteiger partial charge >= 0.3 is 5.97 Å². The van der Waals surface area contributed by atoms with Crippen LogP contribution in [0.2, 0.25) is 0 Å². The Kier molecular flexibility index (Phi) is 3.23. The number of carbonyl (C=O) groups is 1. The molecule has 1 saturated carbocycles. The number of hydrogen-bond donors (Lipinski definition) is 2. The van der Waals surface area contributed by atoms with E-state index >= 15 is 0 Å². The largest absolute Gasteiger partial charge is 0.504 e. The monoisotopic (exact) mass is 318 g/mol. The van der Waals surface area contributed by atoms with E-state index in [0.717, 1.165) is 0 Å². The van der Waals surface area contributed by atoms with E-state index in [0.29, 0.717) is 19.3 Å². The van der Waals surface area contributed by atoms with E-state index in [9.17, 15) is 19.4 Å². The third kappa shape index (κ3) is 1.67. The first-order chi connectivity index (χ1) is 8.44. The molecule has 1 aliphatic carbocycles. The van der Waals surface area contributed by atoms with Gasteiger partial charge in [-0.25, -0.2) is 4.39 Å². The van der Waals surface area contributed by atoms with Crippen molar-refractivity contribution in [2.45, 2.75) is 24.7 Å². The van der Waals surface area contributed by atoms with Crippen LogP contribution in [0.4, 0.5) is 4.39 Å². The average molecular weight is 319 g/mol. The molecule has 1 fully saturated rings. The summed E-state index contributed by atoms with van der Waals surface area (Å²) in [6.07, 6.45) is 1.32. The molecule has 0 atom stereocenters. The van der Waals surface area contributed by atoms with Crippen LogP contribution in [0, 0.1) is 5.82 Å². The molecular weight excluding hydrogens is 307 g/mol. The summed E-state index contributed by atoms with van der Waals surface area (Å²) in [5.41, 5.74) is -1.53. The molecule has 0 radical (unpaired) electrons. The fourth-order valence-electron chi connectivity index (χ4n) is 2.29. The van der Waals surface area contributed by atoms with E-state index in [1.807, 2.05) is 0 Å². The zero-order valence-corrected chi connectivity index (χ0v) is 11.3. The van der Waals surface area contributed by atoms with Crippen LogP contribution < -0.4 is 4.74 Å². The smallest absolute Gasteiger partial charge is 0.314 e. The molecule has 0 saturated heterocycles. The summed E-state index contributed by atoms with van der Waals surface area (Å²) < 4.78 is 19.1. The number of aromatic hydroxyl groups is 1. The van der Waals surface area contributed by atoms with Gasteiger partial charge in [-0.15, -0.1) is 0 Å². The zero-order valence-electron chi connectivity index (χ0n) is 9.67. The van der Waals surface area contributed by atoms with E-state index < -0.39 is 23.0 Å². The maximum absolute atomic E-state index is 14.1. The minimum Gasteiger partial charge on any atom is -0.504 e. The Morgan fingerprint density at radius 3 is 2.56 bits per heavy atom. The van der Waals surface area contributed by atoms with Crippen LogP contribution in [0.5, 0.6) is 11.5 Å². The van der Waals surface area contributed by atoms with E-state index in [-0.39, 0.29) is 15.8 Å². The summed E-state index contributed by atoms with van der Waals surface area (Å²) in [6.45, 7) is 0. The lowest BCUT2D eigenvalue weighted by Crippen LogP contribution is -2.43. The van der Waals surface area contributed by atoms with Crippen molar-refractivity contribution in [2.24, 2.45) is 0 Å².